The lowest BCUT2D eigenvalue weighted by Gasteiger charge is -2.04. The van der Waals surface area contributed by atoms with E-state index in [1.54, 1.807) is 0 Å². The molecule has 0 bridgehead atoms. The summed E-state index contributed by atoms with van der Waals surface area (Å²) in [6.07, 6.45) is 2.04. The predicted octanol–water partition coefficient (Wildman–Crippen LogP) is 2.86. The second-order valence-electron chi connectivity index (χ2n) is 3.96. The molecule has 0 saturated carbocycles. The topological polar surface area (TPSA) is 46.2 Å². The van der Waals surface area contributed by atoms with Gasteiger partial charge in [-0.3, -0.25) is 9.00 Å². The van der Waals surface area contributed by atoms with Gasteiger partial charge < -0.3 is 5.32 Å². The maximum absolute atomic E-state index is 11.9. The van der Waals surface area contributed by atoms with Crippen molar-refractivity contribution < 1.29 is 9.00 Å². The first-order chi connectivity index (χ1) is 8.63. The number of hydrogen-bond donors (Lipinski definition) is 1. The number of halogens is 1. The van der Waals surface area contributed by atoms with Crippen LogP contribution in [0, 0.1) is 0 Å². The van der Waals surface area contributed by atoms with Crippen molar-refractivity contribution in [1.82, 2.24) is 5.32 Å². The lowest BCUT2D eigenvalue weighted by molar-refractivity contribution is -0.121. The van der Waals surface area contributed by atoms with Crippen LogP contribution in [-0.4, -0.2) is 22.4 Å². The minimum atomic E-state index is -1.01. The second-order valence-corrected chi connectivity index (χ2v) is 6.44. The quantitative estimate of drug-likeness (QED) is 0.835. The monoisotopic (exact) mass is 331 g/mol. The summed E-state index contributed by atoms with van der Waals surface area (Å²) in [6.45, 7) is 2.73. The zero-order valence-corrected chi connectivity index (χ0v) is 12.9. The molecule has 1 aromatic carbocycles. The highest BCUT2D eigenvalue weighted by molar-refractivity contribution is 9.10. The third-order valence-electron chi connectivity index (χ3n) is 2.38. The third-order valence-corrected chi connectivity index (χ3v) is 4.37. The zero-order chi connectivity index (χ0) is 13.4. The Labute approximate surface area is 119 Å². The van der Waals surface area contributed by atoms with E-state index >= 15 is 0 Å². The fourth-order valence-electron chi connectivity index (χ4n) is 1.42. The van der Waals surface area contributed by atoms with Crippen molar-refractivity contribution in [1.29, 1.82) is 0 Å². The lowest BCUT2D eigenvalue weighted by Crippen LogP contribution is -2.23. The molecule has 0 aliphatic carbocycles. The minimum Gasteiger partial charge on any atom is -0.356 e. The van der Waals surface area contributed by atoms with Crippen LogP contribution >= 0.6 is 15.9 Å². The molecule has 5 heteroatoms. The van der Waals surface area contributed by atoms with Gasteiger partial charge in [0, 0.05) is 28.1 Å². The van der Waals surface area contributed by atoms with Crippen molar-refractivity contribution in [2.24, 2.45) is 0 Å². The van der Waals surface area contributed by atoms with Gasteiger partial charge in [-0.1, -0.05) is 22.9 Å². The zero-order valence-electron chi connectivity index (χ0n) is 10.4. The highest BCUT2D eigenvalue weighted by Gasteiger charge is 2.05. The summed E-state index contributed by atoms with van der Waals surface area (Å²) >= 11 is 3.34. The molecule has 18 heavy (non-hydrogen) atoms. The van der Waals surface area contributed by atoms with E-state index in [1.807, 2.05) is 31.2 Å². The number of carbonyl (C=O) groups excluding carboxylic acids is 1. The van der Waals surface area contributed by atoms with Crippen LogP contribution in [0.5, 0.6) is 0 Å². The average Bonchev–Trinajstić information content (AvgIpc) is 2.37. The molecule has 0 fully saturated rings. The van der Waals surface area contributed by atoms with Gasteiger partial charge in [-0.05, 0) is 37.1 Å². The molecule has 0 aromatic heterocycles. The highest BCUT2D eigenvalue weighted by Crippen LogP contribution is 2.14. The molecular formula is C13H18BrNO2S. The van der Waals surface area contributed by atoms with Crippen LogP contribution in [0.15, 0.2) is 33.6 Å². The lowest BCUT2D eigenvalue weighted by atomic mass is 10.3. The molecule has 1 rings (SSSR count). The number of amides is 1. The van der Waals surface area contributed by atoms with Crippen LogP contribution in [0.2, 0.25) is 0 Å². The van der Waals surface area contributed by atoms with E-state index in [-0.39, 0.29) is 5.91 Å². The molecule has 0 heterocycles. The van der Waals surface area contributed by atoms with E-state index in [1.165, 1.54) is 0 Å². The number of rotatable bonds is 7. The molecule has 0 saturated heterocycles. The molecule has 3 nitrogen and oxygen atoms in total. The summed E-state index contributed by atoms with van der Waals surface area (Å²) in [6, 6.07) is 7.44. The molecule has 100 valence electrons. The third kappa shape index (κ3) is 5.78. The fraction of sp³-hybridized carbons (Fsp3) is 0.462. The van der Waals surface area contributed by atoms with Crippen molar-refractivity contribution in [3.8, 4) is 0 Å². The van der Waals surface area contributed by atoms with E-state index in [0.717, 1.165) is 15.8 Å². The van der Waals surface area contributed by atoms with E-state index in [0.29, 0.717) is 25.1 Å². The number of nitrogens with one attached hydrogen (secondary N) is 1. The fourth-order valence-corrected chi connectivity index (χ4v) is 2.77. The summed E-state index contributed by atoms with van der Waals surface area (Å²) in [5.41, 5.74) is 0. The Bertz CT molecular complexity index is 406. The van der Waals surface area contributed by atoms with Crippen LogP contribution in [0.3, 0.4) is 0 Å². The van der Waals surface area contributed by atoms with Gasteiger partial charge >= 0.3 is 0 Å². The molecule has 0 spiro atoms. The number of benzene rings is 1. The van der Waals surface area contributed by atoms with Gasteiger partial charge in [0.05, 0.1) is 10.8 Å². The van der Waals surface area contributed by atoms with E-state index in [9.17, 15) is 9.00 Å². The van der Waals surface area contributed by atoms with Crippen LogP contribution in [0.1, 0.15) is 26.2 Å². The Kier molecular flexibility index (Phi) is 7.20. The minimum absolute atomic E-state index is 0.0460. The first kappa shape index (κ1) is 15.4. The summed E-state index contributed by atoms with van der Waals surface area (Å²) in [4.78, 5) is 12.2. The second kappa shape index (κ2) is 8.43. The van der Waals surface area contributed by atoms with Crippen LogP contribution in [0.4, 0.5) is 0 Å². The van der Waals surface area contributed by atoms with E-state index in [2.05, 4.69) is 21.2 Å². The first-order valence-electron chi connectivity index (χ1n) is 6.04. The van der Waals surface area contributed by atoms with Gasteiger partial charge in [-0.15, -0.1) is 0 Å². The first-order valence-corrected chi connectivity index (χ1v) is 8.15. The van der Waals surface area contributed by atoms with Gasteiger partial charge in [-0.2, -0.15) is 0 Å². The summed E-state index contributed by atoms with van der Waals surface area (Å²) in [5, 5.41) is 2.81. The van der Waals surface area contributed by atoms with Crippen LogP contribution in [-0.2, 0) is 15.6 Å². The van der Waals surface area contributed by atoms with Gasteiger partial charge in [0.25, 0.3) is 0 Å². The van der Waals surface area contributed by atoms with Gasteiger partial charge in [0.15, 0.2) is 0 Å². The summed E-state index contributed by atoms with van der Waals surface area (Å²) in [5.74, 6) is 0.575. The Hall–Kier alpha value is -0.680. The Morgan fingerprint density at radius 2 is 2.00 bits per heavy atom. The highest BCUT2D eigenvalue weighted by atomic mass is 79.9. The molecular weight excluding hydrogens is 314 g/mol. The van der Waals surface area contributed by atoms with Crippen LogP contribution < -0.4 is 5.32 Å². The van der Waals surface area contributed by atoms with Crippen molar-refractivity contribution in [3.63, 3.8) is 0 Å². The predicted molar refractivity (Wildman–Crippen MR) is 78.0 cm³/mol. The normalized spacial score (nSPS) is 12.1. The molecule has 1 amide bonds. The molecule has 1 N–H and O–H groups in total. The van der Waals surface area contributed by atoms with Gasteiger partial charge in [0.1, 0.15) is 0 Å². The standard InChI is InChI=1S/C13H18BrNO2S/c1-2-9-15-13(16)4-3-10-18(17)12-7-5-11(14)6-8-12/h5-8H,2-4,9-10H2,1H3,(H,15,16)/t18-/m1/s1. The number of carbonyl (C=O) groups is 1. The molecule has 0 radical (unpaired) electrons. The molecule has 1 atom stereocenters. The Morgan fingerprint density at radius 3 is 2.61 bits per heavy atom. The Balaban J connectivity index is 2.29. The maximum atomic E-state index is 11.9. The summed E-state index contributed by atoms with van der Waals surface area (Å²) in [7, 11) is -1.01. The van der Waals surface area contributed by atoms with Crippen molar-refractivity contribution >= 4 is 32.6 Å². The van der Waals surface area contributed by atoms with Gasteiger partial charge in [-0.25, -0.2) is 0 Å². The SMILES string of the molecule is CCCNC(=O)CCC[S@@](=O)c1ccc(Br)cc1. The van der Waals surface area contributed by atoms with E-state index in [4.69, 9.17) is 0 Å². The molecule has 0 aliphatic rings. The summed E-state index contributed by atoms with van der Waals surface area (Å²) < 4.78 is 12.9. The molecule has 1 aromatic rings. The van der Waals surface area contributed by atoms with Crippen LogP contribution in [0.25, 0.3) is 0 Å². The smallest absolute Gasteiger partial charge is 0.220 e. The Morgan fingerprint density at radius 1 is 1.33 bits per heavy atom. The maximum Gasteiger partial charge on any atom is 0.220 e. The van der Waals surface area contributed by atoms with Crippen molar-refractivity contribution in [3.05, 3.63) is 28.7 Å². The number of hydrogen-bond acceptors (Lipinski definition) is 2. The van der Waals surface area contributed by atoms with Crippen molar-refractivity contribution in [2.75, 3.05) is 12.3 Å². The van der Waals surface area contributed by atoms with Gasteiger partial charge in [0.2, 0.25) is 5.91 Å². The molecule has 0 unspecified atom stereocenters. The molecule has 0 aliphatic heterocycles. The average molecular weight is 332 g/mol. The van der Waals surface area contributed by atoms with E-state index < -0.39 is 10.8 Å². The largest absolute Gasteiger partial charge is 0.356 e. The van der Waals surface area contributed by atoms with Crippen molar-refractivity contribution in [2.45, 2.75) is 31.1 Å².